The molecule has 5 heteroatoms. The molecule has 0 fully saturated rings. The Labute approximate surface area is 118 Å². The number of amides is 2. The largest absolute Gasteiger partial charge is 0.354 e. The number of benzene rings is 1. The van der Waals surface area contributed by atoms with Crippen molar-refractivity contribution in [2.75, 3.05) is 6.54 Å². The average Bonchev–Trinajstić information content (AvgIpc) is 2.42. The van der Waals surface area contributed by atoms with E-state index in [1.54, 1.807) is 0 Å². The van der Waals surface area contributed by atoms with E-state index in [9.17, 15) is 14.0 Å². The lowest BCUT2D eigenvalue weighted by Crippen LogP contribution is -2.49. The molecule has 0 saturated carbocycles. The summed E-state index contributed by atoms with van der Waals surface area (Å²) in [7, 11) is 0. The average molecular weight is 280 g/mol. The number of carbonyl (C=O) groups excluding carboxylic acids is 2. The van der Waals surface area contributed by atoms with E-state index < -0.39 is 11.9 Å². The zero-order valence-electron chi connectivity index (χ0n) is 12.1. The molecule has 1 aromatic rings. The van der Waals surface area contributed by atoms with Gasteiger partial charge >= 0.3 is 0 Å². The summed E-state index contributed by atoms with van der Waals surface area (Å²) in [6, 6.07) is 4.63. The fraction of sp³-hybridized carbons (Fsp3) is 0.467. The summed E-state index contributed by atoms with van der Waals surface area (Å²) in [5.74, 6) is -1.01. The first-order chi connectivity index (χ1) is 9.45. The summed E-state index contributed by atoms with van der Waals surface area (Å²) in [5, 5.41) is 5.45. The highest BCUT2D eigenvalue weighted by atomic mass is 19.1. The van der Waals surface area contributed by atoms with Crippen LogP contribution in [0.1, 0.15) is 37.6 Å². The van der Waals surface area contributed by atoms with Gasteiger partial charge in [-0.2, -0.15) is 0 Å². The molecule has 4 nitrogen and oxygen atoms in total. The van der Waals surface area contributed by atoms with Gasteiger partial charge in [-0.1, -0.05) is 20.8 Å². The first-order valence-electron chi connectivity index (χ1n) is 6.79. The van der Waals surface area contributed by atoms with Crippen LogP contribution in [0.5, 0.6) is 0 Å². The Hall–Kier alpha value is -1.91. The summed E-state index contributed by atoms with van der Waals surface area (Å²) in [6.07, 6.45) is 0.836. The van der Waals surface area contributed by atoms with Gasteiger partial charge in [0.05, 0.1) is 0 Å². The van der Waals surface area contributed by atoms with Gasteiger partial charge in [0.15, 0.2) is 0 Å². The Balaban J connectivity index is 2.72. The second-order valence-corrected chi connectivity index (χ2v) is 4.99. The van der Waals surface area contributed by atoms with Crippen molar-refractivity contribution < 1.29 is 14.0 Å². The molecule has 110 valence electrons. The number of hydrogen-bond donors (Lipinski definition) is 2. The zero-order valence-corrected chi connectivity index (χ0v) is 12.1. The Morgan fingerprint density at radius 3 is 2.30 bits per heavy atom. The van der Waals surface area contributed by atoms with Crippen molar-refractivity contribution in [1.82, 2.24) is 10.6 Å². The van der Waals surface area contributed by atoms with Crippen LogP contribution in [0.15, 0.2) is 24.3 Å². The predicted molar refractivity (Wildman–Crippen MR) is 75.8 cm³/mol. The minimum atomic E-state index is -0.598. The molecule has 0 heterocycles. The van der Waals surface area contributed by atoms with Crippen LogP contribution < -0.4 is 10.6 Å². The fourth-order valence-corrected chi connectivity index (χ4v) is 1.72. The Kier molecular flexibility index (Phi) is 6.15. The van der Waals surface area contributed by atoms with Gasteiger partial charge < -0.3 is 10.6 Å². The van der Waals surface area contributed by atoms with Gasteiger partial charge in [0.2, 0.25) is 5.91 Å². The molecule has 0 saturated heterocycles. The lowest BCUT2D eigenvalue weighted by atomic mass is 10.0. The molecule has 0 aliphatic rings. The van der Waals surface area contributed by atoms with Crippen LogP contribution in [-0.2, 0) is 4.79 Å². The van der Waals surface area contributed by atoms with Gasteiger partial charge in [-0.15, -0.1) is 0 Å². The minimum absolute atomic E-state index is 0.0312. The third kappa shape index (κ3) is 4.64. The van der Waals surface area contributed by atoms with Crippen LogP contribution in [0.25, 0.3) is 0 Å². The van der Waals surface area contributed by atoms with Crippen LogP contribution in [0.4, 0.5) is 4.39 Å². The third-order valence-corrected chi connectivity index (χ3v) is 2.89. The van der Waals surface area contributed by atoms with Crippen molar-refractivity contribution in [2.24, 2.45) is 5.92 Å². The molecule has 0 aliphatic carbocycles. The van der Waals surface area contributed by atoms with Crippen molar-refractivity contribution in [2.45, 2.75) is 33.2 Å². The molecule has 0 spiro atoms. The highest BCUT2D eigenvalue weighted by Gasteiger charge is 2.24. The quantitative estimate of drug-likeness (QED) is 0.838. The minimum Gasteiger partial charge on any atom is -0.354 e. The molecule has 0 bridgehead atoms. The molecule has 1 aromatic carbocycles. The van der Waals surface area contributed by atoms with Gasteiger partial charge in [-0.05, 0) is 36.6 Å². The summed E-state index contributed by atoms with van der Waals surface area (Å²) < 4.78 is 12.8. The molecule has 1 atom stereocenters. The van der Waals surface area contributed by atoms with Crippen LogP contribution in [-0.4, -0.2) is 24.4 Å². The first kappa shape index (κ1) is 16.1. The predicted octanol–water partition coefficient (Wildman–Crippen LogP) is 2.11. The Morgan fingerprint density at radius 1 is 1.20 bits per heavy atom. The molecule has 2 amide bonds. The van der Waals surface area contributed by atoms with Crippen molar-refractivity contribution in [3.05, 3.63) is 35.6 Å². The van der Waals surface area contributed by atoms with Crippen molar-refractivity contribution in [3.63, 3.8) is 0 Å². The molecule has 0 radical (unpaired) electrons. The Bertz CT molecular complexity index is 457. The van der Waals surface area contributed by atoms with E-state index in [4.69, 9.17) is 0 Å². The maximum atomic E-state index is 12.8. The van der Waals surface area contributed by atoms with Crippen LogP contribution in [0.3, 0.4) is 0 Å². The number of carbonyl (C=O) groups is 2. The molecule has 20 heavy (non-hydrogen) atoms. The first-order valence-corrected chi connectivity index (χ1v) is 6.79. The van der Waals surface area contributed by atoms with Crippen molar-refractivity contribution in [1.29, 1.82) is 0 Å². The molecule has 0 aliphatic heterocycles. The monoisotopic (exact) mass is 280 g/mol. The maximum Gasteiger partial charge on any atom is 0.251 e. The number of rotatable bonds is 6. The lowest BCUT2D eigenvalue weighted by molar-refractivity contribution is -0.123. The smallest absolute Gasteiger partial charge is 0.251 e. The highest BCUT2D eigenvalue weighted by molar-refractivity contribution is 5.97. The van der Waals surface area contributed by atoms with E-state index in [1.807, 2.05) is 20.8 Å². The maximum absolute atomic E-state index is 12.8. The van der Waals surface area contributed by atoms with Crippen LogP contribution in [0, 0.1) is 11.7 Å². The summed E-state index contributed by atoms with van der Waals surface area (Å²) in [5.41, 5.74) is 0.334. The van der Waals surface area contributed by atoms with E-state index in [1.165, 1.54) is 24.3 Å². The van der Waals surface area contributed by atoms with E-state index in [2.05, 4.69) is 10.6 Å². The number of nitrogens with one attached hydrogen (secondary N) is 2. The molecule has 1 rings (SSSR count). The summed E-state index contributed by atoms with van der Waals surface area (Å²) in [4.78, 5) is 24.0. The van der Waals surface area contributed by atoms with E-state index in [0.29, 0.717) is 12.1 Å². The molecule has 0 aromatic heterocycles. The summed E-state index contributed by atoms with van der Waals surface area (Å²) >= 11 is 0. The SMILES string of the molecule is CCCNC(=O)C(NC(=O)c1ccc(F)cc1)C(C)C. The third-order valence-electron chi connectivity index (χ3n) is 2.89. The van der Waals surface area contributed by atoms with E-state index in [0.717, 1.165) is 6.42 Å². The van der Waals surface area contributed by atoms with E-state index >= 15 is 0 Å². The van der Waals surface area contributed by atoms with Gasteiger partial charge in [0, 0.05) is 12.1 Å². The van der Waals surface area contributed by atoms with E-state index in [-0.39, 0.29) is 17.7 Å². The molecular formula is C15H21FN2O2. The van der Waals surface area contributed by atoms with Gasteiger partial charge in [-0.3, -0.25) is 9.59 Å². The lowest BCUT2D eigenvalue weighted by Gasteiger charge is -2.21. The van der Waals surface area contributed by atoms with Gasteiger partial charge in [-0.25, -0.2) is 4.39 Å². The molecular weight excluding hydrogens is 259 g/mol. The topological polar surface area (TPSA) is 58.2 Å². The number of halogens is 1. The fourth-order valence-electron chi connectivity index (χ4n) is 1.72. The second-order valence-electron chi connectivity index (χ2n) is 4.99. The zero-order chi connectivity index (χ0) is 15.1. The van der Waals surface area contributed by atoms with Crippen molar-refractivity contribution >= 4 is 11.8 Å². The normalized spacial score (nSPS) is 12.1. The van der Waals surface area contributed by atoms with Crippen LogP contribution in [0.2, 0.25) is 0 Å². The second kappa shape index (κ2) is 7.62. The number of hydrogen-bond acceptors (Lipinski definition) is 2. The Morgan fingerprint density at radius 2 is 1.80 bits per heavy atom. The van der Waals surface area contributed by atoms with Crippen molar-refractivity contribution in [3.8, 4) is 0 Å². The summed E-state index contributed by atoms with van der Waals surface area (Å²) in [6.45, 7) is 6.26. The molecule has 1 unspecified atom stereocenters. The van der Waals surface area contributed by atoms with Gasteiger partial charge in [0.25, 0.3) is 5.91 Å². The van der Waals surface area contributed by atoms with Gasteiger partial charge in [0.1, 0.15) is 11.9 Å². The standard InChI is InChI=1S/C15H21FN2O2/c1-4-9-17-15(20)13(10(2)3)18-14(19)11-5-7-12(16)8-6-11/h5-8,10,13H,4,9H2,1-3H3,(H,17,20)(H,18,19). The highest BCUT2D eigenvalue weighted by Crippen LogP contribution is 2.06. The van der Waals surface area contributed by atoms with Crippen LogP contribution >= 0.6 is 0 Å². The molecule has 2 N–H and O–H groups in total.